The van der Waals surface area contributed by atoms with E-state index in [9.17, 15) is 13.5 Å². The van der Waals surface area contributed by atoms with Crippen LogP contribution in [0.1, 0.15) is 66.8 Å². The van der Waals surface area contributed by atoms with Crippen LogP contribution in [0, 0.1) is 5.41 Å². The number of unbranched alkanes of at least 4 members (excludes halogenated alkanes) is 1. The summed E-state index contributed by atoms with van der Waals surface area (Å²) in [6.45, 7) is 17.0. The summed E-state index contributed by atoms with van der Waals surface area (Å²) >= 11 is 0. The molecule has 1 unspecified atom stereocenters. The van der Waals surface area contributed by atoms with Gasteiger partial charge in [-0.3, -0.25) is 9.89 Å². The molecule has 3 aromatic carbocycles. The lowest BCUT2D eigenvalue weighted by Gasteiger charge is -2.50. The van der Waals surface area contributed by atoms with Crippen molar-refractivity contribution < 1.29 is 22.7 Å². The molecule has 3 saturated heterocycles. The Bertz CT molecular complexity index is 1580. The number of quaternary nitrogens is 1. The van der Waals surface area contributed by atoms with Crippen LogP contribution in [-0.2, 0) is 29.5 Å². The van der Waals surface area contributed by atoms with Gasteiger partial charge in [0.15, 0.2) is 9.84 Å². The van der Waals surface area contributed by atoms with Gasteiger partial charge in [-0.15, -0.1) is 0 Å². The molecule has 7 nitrogen and oxygen atoms in total. The molecular formula is C37H48N3O4S+. The minimum atomic E-state index is -3.62. The molecule has 8 heteroatoms. The van der Waals surface area contributed by atoms with Crippen molar-refractivity contribution in [1.82, 2.24) is 4.90 Å². The Morgan fingerprint density at radius 3 is 2.27 bits per heavy atom. The predicted octanol–water partition coefficient (Wildman–Crippen LogP) is 5.59. The average Bonchev–Trinajstić information content (AvgIpc) is 3.11. The number of sulfone groups is 1. The Morgan fingerprint density at radius 2 is 1.62 bits per heavy atom. The van der Waals surface area contributed by atoms with Crippen molar-refractivity contribution in [1.29, 1.82) is 0 Å². The zero-order chi connectivity index (χ0) is 31.7. The number of aliphatic imine (C=N–C) groups is 1. The van der Waals surface area contributed by atoms with Crippen molar-refractivity contribution in [3.05, 3.63) is 94.5 Å². The minimum Gasteiger partial charge on any atom is -0.489 e. The predicted molar refractivity (Wildman–Crippen MR) is 179 cm³/mol. The van der Waals surface area contributed by atoms with Gasteiger partial charge in [0.1, 0.15) is 18.9 Å². The SMILES string of the molecule is C=NCc1ccc2c(c1)[C@@H](c1ccc(OCc3ccc(C[N+]45CCN(CC4)CC5)cc3)cc1)[C@@H](O)C(C)(CCCC)CS2(=O)=O. The molecule has 1 N–H and O–H groups in total. The molecule has 4 aliphatic rings. The average molecular weight is 631 g/mol. The lowest BCUT2D eigenvalue weighted by molar-refractivity contribution is -0.953. The summed E-state index contributed by atoms with van der Waals surface area (Å²) in [4.78, 5) is 6.90. The first-order valence-corrected chi connectivity index (χ1v) is 18.1. The first kappa shape index (κ1) is 31.9. The zero-order valence-corrected chi connectivity index (χ0v) is 27.6. The fourth-order valence-electron chi connectivity index (χ4n) is 7.72. The Labute approximate surface area is 269 Å². The van der Waals surface area contributed by atoms with Crippen molar-refractivity contribution in [2.75, 3.05) is 45.0 Å². The number of aliphatic hydroxyl groups excluding tert-OH is 1. The summed E-state index contributed by atoms with van der Waals surface area (Å²) in [5.74, 6) is 0.156. The topological polar surface area (TPSA) is 79.2 Å². The van der Waals surface area contributed by atoms with Gasteiger partial charge in [-0.2, -0.15) is 0 Å². The Morgan fingerprint density at radius 1 is 0.978 bits per heavy atom. The standard InChI is InChI=1S/C37H48N3O4S/c1-4-5-16-37(2)27-45(42,43)34-15-10-30(24-38-3)23-33(34)35(36(37)41)31-11-13-32(14-12-31)44-26-29-8-6-28(7-9-29)25-40-20-17-39(18-21-40)19-22-40/h6-15,23,35-36,41H,3-5,16-22,24-27H2,1-2H3/q+1/t35-,36-,37?/m1/s1. The van der Waals surface area contributed by atoms with Crippen LogP contribution in [0.2, 0.25) is 0 Å². The van der Waals surface area contributed by atoms with E-state index in [0.29, 0.717) is 30.0 Å². The van der Waals surface area contributed by atoms with Crippen molar-refractivity contribution in [3.63, 3.8) is 0 Å². The number of piperazine rings is 3. The molecule has 0 amide bonds. The third kappa shape index (κ3) is 6.75. The molecule has 0 aliphatic carbocycles. The van der Waals surface area contributed by atoms with E-state index >= 15 is 0 Å². The maximum atomic E-state index is 13.7. The molecule has 0 spiro atoms. The number of aliphatic hydroxyl groups is 1. The van der Waals surface area contributed by atoms with Crippen molar-refractivity contribution in [2.24, 2.45) is 10.4 Å². The van der Waals surface area contributed by atoms with Crippen LogP contribution in [0.5, 0.6) is 5.75 Å². The first-order chi connectivity index (χ1) is 21.6. The summed E-state index contributed by atoms with van der Waals surface area (Å²) in [5, 5.41) is 12.0. The highest BCUT2D eigenvalue weighted by molar-refractivity contribution is 7.91. The van der Waals surface area contributed by atoms with Crippen LogP contribution in [0.15, 0.2) is 76.6 Å². The van der Waals surface area contributed by atoms with Crippen LogP contribution < -0.4 is 4.74 Å². The van der Waals surface area contributed by atoms with E-state index in [2.05, 4.69) is 47.8 Å². The molecule has 7 rings (SSSR count). The lowest BCUT2D eigenvalue weighted by Crippen LogP contribution is -2.66. The quantitative estimate of drug-likeness (QED) is 0.221. The lowest BCUT2D eigenvalue weighted by atomic mass is 9.71. The molecule has 0 radical (unpaired) electrons. The van der Waals surface area contributed by atoms with Gasteiger partial charge < -0.3 is 14.3 Å². The fraction of sp³-hybridized carbons (Fsp3) is 0.486. The van der Waals surface area contributed by atoms with Crippen LogP contribution >= 0.6 is 0 Å². The Hall–Kier alpha value is -3.04. The number of nitrogens with zero attached hydrogens (tertiary/aromatic N) is 3. The molecule has 3 atom stereocenters. The smallest absolute Gasteiger partial charge is 0.179 e. The second-order valence-electron chi connectivity index (χ2n) is 13.9. The summed E-state index contributed by atoms with van der Waals surface area (Å²) < 4.78 is 34.8. The maximum Gasteiger partial charge on any atom is 0.179 e. The van der Waals surface area contributed by atoms with Gasteiger partial charge in [0.2, 0.25) is 0 Å². The Balaban J connectivity index is 1.20. The molecule has 3 aromatic rings. The molecule has 0 saturated carbocycles. The highest BCUT2D eigenvalue weighted by Gasteiger charge is 2.47. The molecule has 45 heavy (non-hydrogen) atoms. The van der Waals surface area contributed by atoms with Gasteiger partial charge in [-0.25, -0.2) is 8.42 Å². The van der Waals surface area contributed by atoms with E-state index in [4.69, 9.17) is 4.74 Å². The summed E-state index contributed by atoms with van der Waals surface area (Å²) in [6.07, 6.45) is 1.54. The van der Waals surface area contributed by atoms with E-state index in [-0.39, 0.29) is 5.75 Å². The van der Waals surface area contributed by atoms with Crippen LogP contribution in [0.3, 0.4) is 0 Å². The molecule has 3 fully saturated rings. The van der Waals surface area contributed by atoms with Crippen molar-refractivity contribution in [3.8, 4) is 5.75 Å². The highest BCUT2D eigenvalue weighted by Crippen LogP contribution is 2.47. The normalized spacial score (nSPS) is 28.6. The largest absolute Gasteiger partial charge is 0.489 e. The number of hydrogen-bond acceptors (Lipinski definition) is 6. The van der Waals surface area contributed by atoms with E-state index in [0.717, 1.165) is 41.8 Å². The molecular weight excluding hydrogens is 582 g/mol. The fourth-order valence-corrected chi connectivity index (χ4v) is 9.88. The van der Waals surface area contributed by atoms with Gasteiger partial charge in [0.25, 0.3) is 0 Å². The monoisotopic (exact) mass is 630 g/mol. The van der Waals surface area contributed by atoms with Crippen molar-refractivity contribution >= 4 is 16.6 Å². The number of hydrogen-bond donors (Lipinski definition) is 1. The van der Waals surface area contributed by atoms with Crippen LogP contribution in [-0.4, -0.2) is 80.8 Å². The van der Waals surface area contributed by atoms with Crippen LogP contribution in [0.4, 0.5) is 0 Å². The third-order valence-corrected chi connectivity index (χ3v) is 12.6. The van der Waals surface area contributed by atoms with Crippen LogP contribution in [0.25, 0.3) is 0 Å². The molecule has 240 valence electrons. The maximum absolute atomic E-state index is 13.7. The van der Waals surface area contributed by atoms with E-state index in [1.54, 1.807) is 6.07 Å². The zero-order valence-electron chi connectivity index (χ0n) is 26.8. The Kier molecular flexibility index (Phi) is 9.21. The summed E-state index contributed by atoms with van der Waals surface area (Å²) in [7, 11) is -3.62. The third-order valence-electron chi connectivity index (χ3n) is 10.5. The van der Waals surface area contributed by atoms with E-state index in [1.165, 1.54) is 49.3 Å². The van der Waals surface area contributed by atoms with Gasteiger partial charge >= 0.3 is 0 Å². The molecule has 0 aromatic heterocycles. The first-order valence-electron chi connectivity index (χ1n) is 16.5. The summed E-state index contributed by atoms with van der Waals surface area (Å²) in [5.41, 5.74) is 4.11. The van der Waals surface area contributed by atoms with E-state index in [1.807, 2.05) is 43.3 Å². The second kappa shape index (κ2) is 13.0. The van der Waals surface area contributed by atoms with Gasteiger partial charge in [-0.1, -0.05) is 75.2 Å². The minimum absolute atomic E-state index is 0.0810. The molecule has 4 heterocycles. The number of ether oxygens (including phenoxy) is 1. The van der Waals surface area contributed by atoms with Gasteiger partial charge in [0.05, 0.1) is 42.9 Å². The summed E-state index contributed by atoms with van der Waals surface area (Å²) in [6, 6.07) is 22.0. The number of benzene rings is 3. The highest BCUT2D eigenvalue weighted by atomic mass is 32.2. The number of fused-ring (bicyclic) bond motifs is 4. The van der Waals surface area contributed by atoms with E-state index < -0.39 is 27.3 Å². The second-order valence-corrected chi connectivity index (χ2v) is 15.8. The molecule has 4 aliphatic heterocycles. The van der Waals surface area contributed by atoms with Gasteiger partial charge in [-0.05, 0) is 53.6 Å². The van der Waals surface area contributed by atoms with Crippen molar-refractivity contribution in [2.45, 2.75) is 69.7 Å². The molecule has 2 bridgehead atoms. The number of rotatable bonds is 11. The van der Waals surface area contributed by atoms with Gasteiger partial charge in [0, 0.05) is 36.5 Å².